The number of methoxy groups -OCH3 is 1. The van der Waals surface area contributed by atoms with Gasteiger partial charge in [-0.2, -0.15) is 0 Å². The van der Waals surface area contributed by atoms with Crippen molar-refractivity contribution >= 4 is 12.1 Å². The van der Waals surface area contributed by atoms with E-state index in [2.05, 4.69) is 0 Å². The Labute approximate surface area is 165 Å². The summed E-state index contributed by atoms with van der Waals surface area (Å²) in [4.78, 5) is 26.7. The maximum absolute atomic E-state index is 13.7. The fourth-order valence-electron chi connectivity index (χ4n) is 3.39. The van der Waals surface area contributed by atoms with Gasteiger partial charge in [0.25, 0.3) is 0 Å². The Morgan fingerprint density at radius 2 is 1.86 bits per heavy atom. The number of halogens is 1. The van der Waals surface area contributed by atoms with Gasteiger partial charge in [0.1, 0.15) is 5.60 Å². The van der Waals surface area contributed by atoms with E-state index in [9.17, 15) is 14.0 Å². The van der Waals surface area contributed by atoms with Crippen molar-refractivity contribution in [1.29, 1.82) is 0 Å². The first-order valence-electron chi connectivity index (χ1n) is 9.58. The summed E-state index contributed by atoms with van der Waals surface area (Å²) in [6, 6.07) is 4.60. The number of hydrogen-bond donors (Lipinski definition) is 0. The minimum Gasteiger partial charge on any atom is -0.494 e. The predicted molar refractivity (Wildman–Crippen MR) is 103 cm³/mol. The number of benzene rings is 1. The van der Waals surface area contributed by atoms with Gasteiger partial charge in [-0.05, 0) is 64.7 Å². The molecule has 0 aromatic heterocycles. The van der Waals surface area contributed by atoms with Crippen LogP contribution in [-0.2, 0) is 20.7 Å². The number of nitrogens with zero attached hydrogens (tertiary/aromatic N) is 1. The van der Waals surface area contributed by atoms with Gasteiger partial charge in [0, 0.05) is 13.1 Å². The topological polar surface area (TPSA) is 65.1 Å². The Bertz CT molecular complexity index is 705. The Balaban J connectivity index is 2.18. The first-order valence-corrected chi connectivity index (χ1v) is 9.58. The van der Waals surface area contributed by atoms with Crippen molar-refractivity contribution in [3.63, 3.8) is 0 Å². The molecule has 7 heteroatoms. The molecular formula is C21H30FNO5. The molecule has 0 radical (unpaired) electrons. The number of amides is 1. The molecule has 2 rings (SSSR count). The van der Waals surface area contributed by atoms with E-state index in [1.165, 1.54) is 13.2 Å². The molecule has 156 valence electrons. The second kappa shape index (κ2) is 8.80. The van der Waals surface area contributed by atoms with E-state index in [4.69, 9.17) is 14.2 Å². The Kier molecular flexibility index (Phi) is 6.91. The fourth-order valence-corrected chi connectivity index (χ4v) is 3.39. The van der Waals surface area contributed by atoms with Gasteiger partial charge in [-0.25, -0.2) is 9.18 Å². The van der Waals surface area contributed by atoms with Crippen molar-refractivity contribution in [2.24, 2.45) is 5.41 Å². The number of esters is 1. The van der Waals surface area contributed by atoms with Gasteiger partial charge in [-0.15, -0.1) is 0 Å². The molecule has 28 heavy (non-hydrogen) atoms. The second-order valence-electron chi connectivity index (χ2n) is 8.11. The minimum atomic E-state index is -0.767. The van der Waals surface area contributed by atoms with Crippen molar-refractivity contribution in [1.82, 2.24) is 4.90 Å². The van der Waals surface area contributed by atoms with Gasteiger partial charge in [-0.3, -0.25) is 4.79 Å². The second-order valence-corrected chi connectivity index (χ2v) is 8.11. The molecule has 1 heterocycles. The molecule has 0 spiro atoms. The number of rotatable bonds is 5. The SMILES string of the molecule is CCOC(=O)C1(Cc2ccc(F)c(OC)c2)CCN(C(=O)OC(C)(C)C)CC1. The van der Waals surface area contributed by atoms with Gasteiger partial charge in [0.15, 0.2) is 11.6 Å². The van der Waals surface area contributed by atoms with Crippen LogP contribution in [0.15, 0.2) is 18.2 Å². The van der Waals surface area contributed by atoms with Gasteiger partial charge < -0.3 is 19.1 Å². The summed E-state index contributed by atoms with van der Waals surface area (Å²) >= 11 is 0. The molecule has 1 aliphatic rings. The van der Waals surface area contributed by atoms with Crippen LogP contribution < -0.4 is 4.74 Å². The molecule has 0 N–H and O–H groups in total. The van der Waals surface area contributed by atoms with Gasteiger partial charge in [0.05, 0.1) is 19.1 Å². The monoisotopic (exact) mass is 395 g/mol. The lowest BCUT2D eigenvalue weighted by Gasteiger charge is -2.40. The van der Waals surface area contributed by atoms with Crippen molar-refractivity contribution < 1.29 is 28.2 Å². The van der Waals surface area contributed by atoms with E-state index >= 15 is 0 Å². The van der Waals surface area contributed by atoms with Crippen molar-refractivity contribution in [2.45, 2.75) is 52.6 Å². The van der Waals surface area contributed by atoms with Crippen LogP contribution in [0, 0.1) is 11.2 Å². The summed E-state index contributed by atoms with van der Waals surface area (Å²) in [6.07, 6.45) is 0.911. The molecule has 0 aliphatic carbocycles. The highest BCUT2D eigenvalue weighted by molar-refractivity contribution is 5.78. The van der Waals surface area contributed by atoms with Crippen LogP contribution in [0.5, 0.6) is 5.75 Å². The highest BCUT2D eigenvalue weighted by atomic mass is 19.1. The Hall–Kier alpha value is -2.31. The number of piperidine rings is 1. The number of hydrogen-bond acceptors (Lipinski definition) is 5. The molecule has 0 unspecified atom stereocenters. The number of likely N-dealkylation sites (tertiary alicyclic amines) is 1. The van der Waals surface area contributed by atoms with Crippen LogP contribution in [0.1, 0.15) is 46.1 Å². The summed E-state index contributed by atoms with van der Waals surface area (Å²) in [6.45, 7) is 8.29. The summed E-state index contributed by atoms with van der Waals surface area (Å²) < 4.78 is 29.5. The third kappa shape index (κ3) is 5.36. The molecular weight excluding hydrogens is 365 g/mol. The zero-order chi connectivity index (χ0) is 20.9. The van der Waals surface area contributed by atoms with Crippen LogP contribution in [0.3, 0.4) is 0 Å². The Morgan fingerprint density at radius 1 is 1.21 bits per heavy atom. The van der Waals surface area contributed by atoms with Crippen molar-refractivity contribution in [3.8, 4) is 5.75 Å². The zero-order valence-electron chi connectivity index (χ0n) is 17.3. The molecule has 6 nitrogen and oxygen atoms in total. The van der Waals surface area contributed by atoms with E-state index in [0.717, 1.165) is 5.56 Å². The van der Waals surface area contributed by atoms with E-state index in [1.54, 1.807) is 24.0 Å². The van der Waals surface area contributed by atoms with Crippen LogP contribution in [0.2, 0.25) is 0 Å². The number of carbonyl (C=O) groups is 2. The van der Waals surface area contributed by atoms with Crippen LogP contribution >= 0.6 is 0 Å². The quantitative estimate of drug-likeness (QED) is 0.706. The molecule has 1 aromatic rings. The summed E-state index contributed by atoms with van der Waals surface area (Å²) in [5, 5.41) is 0. The Morgan fingerprint density at radius 3 is 2.39 bits per heavy atom. The summed E-state index contributed by atoms with van der Waals surface area (Å²) in [5.74, 6) is -0.596. The molecule has 0 bridgehead atoms. The standard InChI is InChI=1S/C21H30FNO5/c1-6-27-18(24)21(14-15-7-8-16(22)17(13-15)26-5)9-11-23(12-10-21)19(25)28-20(2,3)4/h7-8,13H,6,9-12,14H2,1-5H3. The molecule has 0 atom stereocenters. The van der Waals surface area contributed by atoms with E-state index in [0.29, 0.717) is 32.4 Å². The normalized spacial score (nSPS) is 16.4. The predicted octanol–water partition coefficient (Wildman–Crippen LogP) is 3.96. The number of ether oxygens (including phenoxy) is 3. The maximum Gasteiger partial charge on any atom is 0.410 e. The molecule has 1 amide bonds. The lowest BCUT2D eigenvalue weighted by atomic mass is 9.73. The summed E-state index contributed by atoms with van der Waals surface area (Å²) in [5.41, 5.74) is -0.550. The minimum absolute atomic E-state index is 0.141. The maximum atomic E-state index is 13.7. The third-order valence-electron chi connectivity index (χ3n) is 4.84. The van der Waals surface area contributed by atoms with Gasteiger partial charge in [0.2, 0.25) is 0 Å². The summed E-state index contributed by atoms with van der Waals surface area (Å²) in [7, 11) is 1.41. The lowest BCUT2D eigenvalue weighted by molar-refractivity contribution is -0.158. The van der Waals surface area contributed by atoms with Crippen LogP contribution in [0.4, 0.5) is 9.18 Å². The van der Waals surface area contributed by atoms with Crippen LogP contribution in [-0.4, -0.2) is 49.4 Å². The molecule has 1 aromatic carbocycles. The van der Waals surface area contributed by atoms with E-state index in [1.807, 2.05) is 20.8 Å². The fraction of sp³-hybridized carbons (Fsp3) is 0.619. The van der Waals surface area contributed by atoms with Gasteiger partial charge >= 0.3 is 12.1 Å². The molecule has 1 fully saturated rings. The molecule has 1 saturated heterocycles. The highest BCUT2D eigenvalue weighted by Gasteiger charge is 2.44. The lowest BCUT2D eigenvalue weighted by Crippen LogP contribution is -2.49. The first kappa shape index (κ1) is 22.0. The number of carbonyl (C=O) groups excluding carboxylic acids is 2. The van der Waals surface area contributed by atoms with E-state index < -0.39 is 16.8 Å². The van der Waals surface area contributed by atoms with Gasteiger partial charge in [-0.1, -0.05) is 6.07 Å². The molecule has 1 aliphatic heterocycles. The average Bonchev–Trinajstić information content (AvgIpc) is 2.62. The van der Waals surface area contributed by atoms with E-state index in [-0.39, 0.29) is 24.4 Å². The molecule has 0 saturated carbocycles. The van der Waals surface area contributed by atoms with Crippen LogP contribution in [0.25, 0.3) is 0 Å². The first-order chi connectivity index (χ1) is 13.1. The highest BCUT2D eigenvalue weighted by Crippen LogP contribution is 2.38. The largest absolute Gasteiger partial charge is 0.494 e. The smallest absolute Gasteiger partial charge is 0.410 e. The third-order valence-corrected chi connectivity index (χ3v) is 4.84. The zero-order valence-corrected chi connectivity index (χ0v) is 17.3. The average molecular weight is 395 g/mol. The van der Waals surface area contributed by atoms with Crippen molar-refractivity contribution in [3.05, 3.63) is 29.6 Å². The van der Waals surface area contributed by atoms with Crippen molar-refractivity contribution in [2.75, 3.05) is 26.8 Å².